The number of phosphoric ester groups is 1. The van der Waals surface area contributed by atoms with Gasteiger partial charge in [0.2, 0.25) is 35.4 Å². The van der Waals surface area contributed by atoms with Gasteiger partial charge < -0.3 is 86.5 Å². The molecule has 27 nitrogen and oxygen atoms in total. The maximum atomic E-state index is 14.6. The molecule has 3 saturated heterocycles. The van der Waals surface area contributed by atoms with E-state index in [0.29, 0.717) is 12.2 Å². The predicted molar refractivity (Wildman–Crippen MR) is 314 cm³/mol. The van der Waals surface area contributed by atoms with E-state index in [1.807, 2.05) is 48.5 Å². The Hall–Kier alpha value is -7.40. The predicted octanol–water partition coefficient (Wildman–Crippen LogP) is -0.117. The van der Waals surface area contributed by atoms with Gasteiger partial charge in [0.15, 0.2) is 6.23 Å². The molecule has 3 aliphatic heterocycles. The first-order chi connectivity index (χ1) is 41.7. The van der Waals surface area contributed by atoms with E-state index in [1.165, 1.54) is 26.0 Å². The first-order valence-electron chi connectivity index (χ1n) is 29.0. The van der Waals surface area contributed by atoms with E-state index in [1.54, 1.807) is 12.1 Å². The number of hydrogen-bond donors (Lipinski definition) is 14. The van der Waals surface area contributed by atoms with Crippen LogP contribution < -0.4 is 35.8 Å². The third kappa shape index (κ3) is 16.8. The van der Waals surface area contributed by atoms with Crippen molar-refractivity contribution in [3.63, 3.8) is 0 Å². The molecule has 3 heterocycles. The van der Waals surface area contributed by atoms with Gasteiger partial charge in [-0.1, -0.05) is 87.4 Å². The first kappa shape index (κ1) is 68.1. The lowest BCUT2D eigenvalue weighted by Gasteiger charge is -2.34. The highest BCUT2D eigenvalue weighted by molar-refractivity contribution is 7.47. The van der Waals surface area contributed by atoms with Crippen molar-refractivity contribution in [2.45, 2.75) is 152 Å². The van der Waals surface area contributed by atoms with E-state index in [4.69, 9.17) is 13.8 Å². The van der Waals surface area contributed by atoms with Crippen molar-refractivity contribution in [2.24, 2.45) is 5.92 Å². The van der Waals surface area contributed by atoms with Crippen molar-refractivity contribution in [2.75, 3.05) is 26.3 Å². The van der Waals surface area contributed by atoms with E-state index >= 15 is 0 Å². The van der Waals surface area contributed by atoms with Crippen LogP contribution in [0.25, 0.3) is 22.3 Å². The van der Waals surface area contributed by atoms with Crippen molar-refractivity contribution in [3.8, 4) is 33.8 Å². The highest BCUT2D eigenvalue weighted by atomic mass is 31.2. The molecule has 0 radical (unpaired) electrons. The third-order valence-corrected chi connectivity index (χ3v) is 16.6. The second-order valence-electron chi connectivity index (χ2n) is 22.2. The van der Waals surface area contributed by atoms with Crippen LogP contribution in [0.3, 0.4) is 0 Å². The molecule has 478 valence electrons. The number of hydrogen-bond acceptors (Lipinski definition) is 19. The molecule has 4 aromatic rings. The molecule has 3 fully saturated rings. The molecule has 4 aromatic carbocycles. The van der Waals surface area contributed by atoms with Crippen molar-refractivity contribution in [3.05, 3.63) is 108 Å². The zero-order valence-corrected chi connectivity index (χ0v) is 50.0. The van der Waals surface area contributed by atoms with Gasteiger partial charge in [-0.25, -0.2) is 4.57 Å². The summed E-state index contributed by atoms with van der Waals surface area (Å²) in [5, 5.41) is 102. The lowest BCUT2D eigenvalue weighted by Crippen LogP contribution is -2.64. The Morgan fingerprint density at radius 3 is 1.73 bits per heavy atom. The van der Waals surface area contributed by atoms with Crippen LogP contribution in [0.4, 0.5) is 0 Å². The molecule has 3 aliphatic rings. The van der Waals surface area contributed by atoms with Crippen LogP contribution >= 0.6 is 7.82 Å². The Balaban J connectivity index is 1.18. The number of rotatable bonds is 18. The summed E-state index contributed by atoms with van der Waals surface area (Å²) >= 11 is 0. The first-order valence-corrected chi connectivity index (χ1v) is 30.5. The van der Waals surface area contributed by atoms with Crippen LogP contribution in [0.15, 0.2) is 97.1 Å². The highest BCUT2D eigenvalue weighted by Gasteiger charge is 2.50. The standard InChI is InChI=1S/C60H78N7O20P/c1-6-8-9-26-85-41-22-18-37(19-23-41)35-12-10-34(11-13-35)36-14-16-39(17-15-36)53(75)61-43-28-45(71)56(78)65-58(80)49-50(72)31(3)29-67(49)60(82)47(33(5)69)63-57(79)48(52(74)51(73)38-20-24-42(25-21-38)87-88(83,84)86-7-2)64-55(77)44-27-40(70)30-66(44)59(81)46(32(4)68)62-54(43)76/h10-25,31-33,40,43-52,56,68-74,78H,6-9,26-30H2,1-5H3,(H,61,75)(H,62,76)(H,63,79)(H,64,77)(H,65,80)(H,83,84)/t31-,32+,33+,40+,43-,44-,45+,46-,47-,48-,49-,50-,51-,52-,56+/m0/s1. The van der Waals surface area contributed by atoms with Crippen LogP contribution in [0.5, 0.6) is 11.5 Å². The number of fused-ring (bicyclic) bond motifs is 2. The summed E-state index contributed by atoms with van der Waals surface area (Å²) in [7, 11) is -4.58. The van der Waals surface area contributed by atoms with E-state index in [2.05, 4.69) is 33.5 Å². The summed E-state index contributed by atoms with van der Waals surface area (Å²) in [4.78, 5) is 112. The molecule has 1 unspecified atom stereocenters. The molecule has 16 atom stereocenters. The van der Waals surface area contributed by atoms with E-state index in [9.17, 15) is 83.9 Å². The van der Waals surface area contributed by atoms with Crippen molar-refractivity contribution >= 4 is 49.2 Å². The van der Waals surface area contributed by atoms with Gasteiger partial charge >= 0.3 is 7.82 Å². The average Bonchev–Trinajstić information content (AvgIpc) is 2.03. The van der Waals surface area contributed by atoms with Crippen LogP contribution in [0.2, 0.25) is 0 Å². The van der Waals surface area contributed by atoms with Gasteiger partial charge in [0, 0.05) is 37.4 Å². The van der Waals surface area contributed by atoms with Crippen molar-refractivity contribution in [1.29, 1.82) is 0 Å². The zero-order valence-electron chi connectivity index (χ0n) is 49.1. The van der Waals surface area contributed by atoms with Gasteiger partial charge in [-0.15, -0.1) is 0 Å². The highest BCUT2D eigenvalue weighted by Crippen LogP contribution is 2.44. The smallest absolute Gasteiger partial charge is 0.494 e. The summed E-state index contributed by atoms with van der Waals surface area (Å²) in [5.41, 5.74) is 3.20. The summed E-state index contributed by atoms with van der Waals surface area (Å²) < 4.78 is 27.8. The minimum Gasteiger partial charge on any atom is -0.494 e. The Labute approximate surface area is 507 Å². The third-order valence-electron chi connectivity index (χ3n) is 15.5. The van der Waals surface area contributed by atoms with Gasteiger partial charge in [0.1, 0.15) is 66.1 Å². The molecule has 14 N–H and O–H groups in total. The fourth-order valence-corrected chi connectivity index (χ4v) is 11.4. The van der Waals surface area contributed by atoms with Gasteiger partial charge in [0.25, 0.3) is 5.91 Å². The molecular weight excluding hydrogens is 1170 g/mol. The van der Waals surface area contributed by atoms with Crippen LogP contribution in [0, 0.1) is 5.92 Å². The number of nitrogens with zero attached hydrogens (tertiary/aromatic N) is 2. The number of amides is 7. The number of carbonyl (C=O) groups excluding carboxylic acids is 7. The number of carbonyl (C=O) groups is 7. The summed E-state index contributed by atoms with van der Waals surface area (Å²) in [5.74, 6) is -8.95. The number of nitrogens with one attached hydrogen (secondary N) is 5. The lowest BCUT2D eigenvalue weighted by atomic mass is 9.96. The summed E-state index contributed by atoms with van der Waals surface area (Å²) in [6.45, 7) is 6.58. The maximum absolute atomic E-state index is 14.6. The van der Waals surface area contributed by atoms with Gasteiger partial charge in [-0.2, -0.15) is 0 Å². The Morgan fingerprint density at radius 1 is 0.648 bits per heavy atom. The zero-order chi connectivity index (χ0) is 64.3. The van der Waals surface area contributed by atoms with Gasteiger partial charge in [-0.05, 0) is 91.4 Å². The molecule has 0 aromatic heterocycles. The molecule has 28 heteroatoms. The fourth-order valence-electron chi connectivity index (χ4n) is 10.6. The molecule has 7 amide bonds. The normalized spacial score (nSPS) is 27.2. The van der Waals surface area contributed by atoms with Crippen molar-refractivity contribution in [1.82, 2.24) is 36.4 Å². The Kier molecular flexibility index (Phi) is 23.4. The minimum atomic E-state index is -4.58. The van der Waals surface area contributed by atoms with E-state index < -0.39 is 166 Å². The molecule has 0 saturated carbocycles. The molecule has 88 heavy (non-hydrogen) atoms. The monoisotopic (exact) mass is 1250 g/mol. The summed E-state index contributed by atoms with van der Waals surface area (Å²) in [6.07, 6.45) is -14.1. The molecule has 0 aliphatic carbocycles. The number of unbranched alkanes of at least 4 members (excludes halogenated alkanes) is 2. The van der Waals surface area contributed by atoms with Gasteiger partial charge in [0.05, 0.1) is 37.6 Å². The number of phosphoric acid groups is 1. The fraction of sp³-hybridized carbons (Fsp3) is 0.483. The number of aliphatic hydroxyl groups is 8. The molecule has 7 rings (SSSR count). The largest absolute Gasteiger partial charge is 0.527 e. The maximum Gasteiger partial charge on any atom is 0.527 e. The quantitative estimate of drug-likeness (QED) is 0.0456. The Bertz CT molecular complexity index is 3120. The lowest BCUT2D eigenvalue weighted by molar-refractivity contribution is -0.148. The van der Waals surface area contributed by atoms with Crippen LogP contribution in [-0.2, 0) is 37.9 Å². The van der Waals surface area contributed by atoms with E-state index in [-0.39, 0.29) is 23.5 Å². The number of ether oxygens (including phenoxy) is 1. The topological polar surface area (TPSA) is 413 Å². The SMILES string of the molecule is CCCCCOc1ccc(-c2ccc(-c3ccc(C(=O)N[C@H]4C[C@@H](O)[C@@H](O)NC(=O)[C@@H]5[C@@H](O)[C@@H](C)CN5C(=O)[C@H]([C@@H](C)O)NC(=O)[C@H]([C@H](O)[C@@H](O)c5ccc(OP(=O)(O)OCC)cc5)NC(=O)[C@@H]5C[C@@H](O)CN5C(=O)[C@H]([C@@H](C)O)NC4=O)cc3)cc2)cc1. The van der Waals surface area contributed by atoms with Crippen LogP contribution in [-0.4, -0.2) is 202 Å². The molecule has 0 spiro atoms. The number of aliphatic hydroxyl groups excluding tert-OH is 8. The van der Waals surface area contributed by atoms with Gasteiger partial charge in [-0.3, -0.25) is 43.0 Å². The second kappa shape index (κ2) is 30.2. The Morgan fingerprint density at radius 2 is 1.17 bits per heavy atom. The van der Waals surface area contributed by atoms with Crippen LogP contribution in [0.1, 0.15) is 88.7 Å². The molecule has 0 bridgehead atoms. The van der Waals surface area contributed by atoms with Crippen molar-refractivity contribution < 1.29 is 97.7 Å². The summed E-state index contributed by atoms with van der Waals surface area (Å²) in [6, 6.07) is 14.1. The van der Waals surface area contributed by atoms with E-state index in [0.717, 1.165) is 89.6 Å². The number of benzene rings is 4. The molecular formula is C60H78N7O20P. The minimum absolute atomic E-state index is 0.00609. The second-order valence-corrected chi connectivity index (χ2v) is 23.6. The average molecular weight is 1250 g/mol.